The number of rotatable bonds is 13. The van der Waals surface area contributed by atoms with Crippen LogP contribution in [0.5, 0.6) is 5.75 Å². The molecular weight excluding hydrogens is 422 g/mol. The third-order valence-electron chi connectivity index (χ3n) is 4.60. The molecule has 31 heavy (non-hydrogen) atoms. The van der Waals surface area contributed by atoms with Crippen LogP contribution in [0.3, 0.4) is 0 Å². The topological polar surface area (TPSA) is 125 Å². The van der Waals surface area contributed by atoms with E-state index >= 15 is 0 Å². The molecule has 176 valence electrons. The van der Waals surface area contributed by atoms with E-state index in [1.165, 1.54) is 0 Å². The average molecular weight is 458 g/mol. The number of hydrogen-bond acceptors (Lipinski definition) is 6. The Morgan fingerprint density at radius 1 is 1.03 bits per heavy atom. The van der Waals surface area contributed by atoms with Crippen LogP contribution in [0.25, 0.3) is 0 Å². The number of hydrazine groups is 1. The maximum absolute atomic E-state index is 13.1. The molecule has 0 aliphatic heterocycles. The predicted molar refractivity (Wildman–Crippen MR) is 117 cm³/mol. The summed E-state index contributed by atoms with van der Waals surface area (Å²) in [5, 5.41) is 9.24. The Hall–Kier alpha value is -2.17. The van der Waals surface area contributed by atoms with Gasteiger partial charge in [-0.3, -0.25) is 20.2 Å². The van der Waals surface area contributed by atoms with Crippen molar-refractivity contribution >= 4 is 21.8 Å². The smallest absolute Gasteiger partial charge is 0.247 e. The van der Waals surface area contributed by atoms with Crippen molar-refractivity contribution in [1.82, 2.24) is 15.3 Å². The van der Waals surface area contributed by atoms with Crippen LogP contribution in [0, 0.1) is 23.7 Å². The maximum atomic E-state index is 13.1. The highest BCUT2D eigenvalue weighted by atomic mass is 32.2. The monoisotopic (exact) mass is 457 g/mol. The van der Waals surface area contributed by atoms with Crippen LogP contribution >= 0.6 is 0 Å². The number of para-hydroxylation sites is 1. The lowest BCUT2D eigenvalue weighted by molar-refractivity contribution is -0.142. The van der Waals surface area contributed by atoms with E-state index in [9.17, 15) is 23.2 Å². The second kappa shape index (κ2) is 12.6. The number of sulfonamides is 1. The Morgan fingerprint density at radius 2 is 1.65 bits per heavy atom. The largest absolute Gasteiger partial charge is 0.494 e. The minimum absolute atomic E-state index is 0.0191. The minimum Gasteiger partial charge on any atom is -0.494 e. The first kappa shape index (κ1) is 26.9. The van der Waals surface area contributed by atoms with Gasteiger partial charge in [-0.25, -0.2) is 13.9 Å². The highest BCUT2D eigenvalue weighted by Crippen LogP contribution is 2.25. The molecule has 0 fully saturated rings. The molecule has 0 aromatic heterocycles. The van der Waals surface area contributed by atoms with Gasteiger partial charge in [-0.1, -0.05) is 45.9 Å². The van der Waals surface area contributed by atoms with Gasteiger partial charge in [0.15, 0.2) is 0 Å². The first-order valence-corrected chi connectivity index (χ1v) is 12.2. The summed E-state index contributed by atoms with van der Waals surface area (Å²) in [7, 11) is -3.69. The van der Waals surface area contributed by atoms with Crippen LogP contribution in [0.15, 0.2) is 30.3 Å². The quantitative estimate of drug-likeness (QED) is 0.308. The van der Waals surface area contributed by atoms with Crippen molar-refractivity contribution in [2.75, 3.05) is 19.4 Å². The molecule has 1 aromatic rings. The number of hydroxylamine groups is 1. The summed E-state index contributed by atoms with van der Waals surface area (Å²) in [6.45, 7) is 7.71. The second-order valence-corrected chi connectivity index (χ2v) is 10.3. The molecule has 1 aromatic carbocycles. The van der Waals surface area contributed by atoms with E-state index in [0.29, 0.717) is 12.2 Å². The molecular formula is C21H35N3O6S. The van der Waals surface area contributed by atoms with Gasteiger partial charge in [-0.15, -0.1) is 4.41 Å². The molecule has 0 saturated heterocycles. The van der Waals surface area contributed by atoms with E-state index in [-0.39, 0.29) is 31.4 Å². The molecule has 0 radical (unpaired) electrons. The van der Waals surface area contributed by atoms with Gasteiger partial charge >= 0.3 is 0 Å². The lowest BCUT2D eigenvalue weighted by Crippen LogP contribution is -2.52. The fraction of sp³-hybridized carbons (Fsp3) is 0.619. The number of nitrogens with one attached hydrogen (secondary N) is 2. The van der Waals surface area contributed by atoms with Gasteiger partial charge in [-0.05, 0) is 36.8 Å². The van der Waals surface area contributed by atoms with Crippen molar-refractivity contribution in [2.24, 2.45) is 23.7 Å². The van der Waals surface area contributed by atoms with Crippen LogP contribution in [0.2, 0.25) is 0 Å². The fourth-order valence-corrected chi connectivity index (χ4v) is 4.01. The number of carbonyl (C=O) groups excluding carboxylic acids is 2. The first-order chi connectivity index (χ1) is 14.5. The Morgan fingerprint density at radius 3 is 2.13 bits per heavy atom. The Kier molecular flexibility index (Phi) is 10.9. The van der Waals surface area contributed by atoms with Crippen LogP contribution in [-0.2, 0) is 19.6 Å². The minimum atomic E-state index is -3.69. The molecule has 0 heterocycles. The molecule has 1 rings (SSSR count). The van der Waals surface area contributed by atoms with Gasteiger partial charge in [0.25, 0.3) is 0 Å². The molecule has 10 heteroatoms. The molecule has 3 N–H and O–H groups in total. The lowest BCUT2D eigenvalue weighted by atomic mass is 9.82. The summed E-state index contributed by atoms with van der Waals surface area (Å²) in [4.78, 5) is 25.5. The Bertz CT molecular complexity index is 799. The standard InChI is InChI=1S/C21H35N3O6S/c1-15(2)13-19(20(25)22-24(14-16(3)4)31(5,28)29)18(21(26)23-27)11-12-30-17-9-7-6-8-10-17/h6-10,15-16,18-19,27H,11-14H2,1-5H3,(H,22,25)(H,23,26)/t18-,19+/m0/s1. The van der Waals surface area contributed by atoms with Gasteiger partial charge in [-0.2, -0.15) is 0 Å². The summed E-state index contributed by atoms with van der Waals surface area (Å²) in [6, 6.07) is 9.03. The third kappa shape index (κ3) is 9.67. The molecule has 0 aliphatic carbocycles. The second-order valence-electron chi connectivity index (χ2n) is 8.43. The average Bonchev–Trinajstić information content (AvgIpc) is 2.68. The van der Waals surface area contributed by atoms with Gasteiger partial charge in [0.05, 0.1) is 24.7 Å². The predicted octanol–water partition coefficient (Wildman–Crippen LogP) is 2.19. The zero-order valence-corrected chi connectivity index (χ0v) is 19.7. The molecule has 9 nitrogen and oxygen atoms in total. The van der Waals surface area contributed by atoms with Crippen molar-refractivity contribution in [3.05, 3.63) is 30.3 Å². The van der Waals surface area contributed by atoms with Crippen molar-refractivity contribution in [3.8, 4) is 5.75 Å². The van der Waals surface area contributed by atoms with E-state index in [1.54, 1.807) is 17.6 Å². The Labute approximate surface area is 185 Å². The summed E-state index contributed by atoms with van der Waals surface area (Å²) >= 11 is 0. The third-order valence-corrected chi connectivity index (χ3v) is 5.64. The molecule has 0 spiro atoms. The highest BCUT2D eigenvalue weighted by molar-refractivity contribution is 7.88. The van der Waals surface area contributed by atoms with Gasteiger partial charge in [0, 0.05) is 6.54 Å². The fourth-order valence-electron chi connectivity index (χ4n) is 3.18. The molecule has 0 saturated carbocycles. The summed E-state index contributed by atoms with van der Waals surface area (Å²) in [5.41, 5.74) is 4.10. The number of hydrogen-bond donors (Lipinski definition) is 3. The molecule has 2 amide bonds. The zero-order chi connectivity index (χ0) is 23.6. The maximum Gasteiger partial charge on any atom is 0.247 e. The van der Waals surface area contributed by atoms with Crippen LogP contribution in [-0.4, -0.2) is 49.3 Å². The lowest BCUT2D eigenvalue weighted by Gasteiger charge is -2.29. The van der Waals surface area contributed by atoms with E-state index in [2.05, 4.69) is 5.43 Å². The van der Waals surface area contributed by atoms with Crippen molar-refractivity contribution in [1.29, 1.82) is 0 Å². The molecule has 2 atom stereocenters. The van der Waals surface area contributed by atoms with E-state index in [0.717, 1.165) is 10.7 Å². The van der Waals surface area contributed by atoms with E-state index < -0.39 is 33.7 Å². The number of ether oxygens (including phenoxy) is 1. The zero-order valence-electron chi connectivity index (χ0n) is 18.9. The first-order valence-electron chi connectivity index (χ1n) is 10.4. The summed E-state index contributed by atoms with van der Waals surface area (Å²) in [5.74, 6) is -2.42. The SMILES string of the molecule is CC(C)C[C@@H](C(=O)NN(CC(C)C)S(C)(=O)=O)[C@H](CCOc1ccccc1)C(=O)NO. The van der Waals surface area contributed by atoms with Crippen LogP contribution in [0.1, 0.15) is 40.5 Å². The normalized spacial score (nSPS) is 13.8. The number of nitrogens with zero attached hydrogens (tertiary/aromatic N) is 1. The summed E-state index contributed by atoms with van der Waals surface area (Å²) in [6.07, 6.45) is 1.50. The van der Waals surface area contributed by atoms with Gasteiger partial charge < -0.3 is 4.74 Å². The van der Waals surface area contributed by atoms with Crippen LogP contribution < -0.4 is 15.6 Å². The molecule has 0 unspecified atom stereocenters. The van der Waals surface area contributed by atoms with E-state index in [4.69, 9.17) is 4.74 Å². The van der Waals surface area contributed by atoms with Crippen molar-refractivity contribution in [2.45, 2.75) is 40.5 Å². The number of benzene rings is 1. The van der Waals surface area contributed by atoms with Crippen molar-refractivity contribution in [3.63, 3.8) is 0 Å². The number of carbonyl (C=O) groups is 2. The highest BCUT2D eigenvalue weighted by Gasteiger charge is 2.36. The molecule has 0 bridgehead atoms. The Balaban J connectivity index is 3.04. The van der Waals surface area contributed by atoms with Gasteiger partial charge in [0.2, 0.25) is 21.8 Å². The van der Waals surface area contributed by atoms with E-state index in [1.807, 2.05) is 45.9 Å². The van der Waals surface area contributed by atoms with Gasteiger partial charge in [0.1, 0.15) is 5.75 Å². The van der Waals surface area contributed by atoms with Crippen LogP contribution in [0.4, 0.5) is 0 Å². The van der Waals surface area contributed by atoms with Crippen molar-refractivity contribution < 1.29 is 28.0 Å². The number of amides is 2. The summed E-state index contributed by atoms with van der Waals surface area (Å²) < 4.78 is 30.8. The molecule has 0 aliphatic rings.